The van der Waals surface area contributed by atoms with Gasteiger partial charge in [-0.05, 0) is 152 Å². The smallest absolute Gasteiger partial charge is 0.0541 e. The fraction of sp³-hybridized carbons (Fsp3) is 0.0725. The average molecular weight is 907 g/mol. The van der Waals surface area contributed by atoms with Gasteiger partial charge in [0.05, 0.1) is 16.6 Å². The summed E-state index contributed by atoms with van der Waals surface area (Å²) in [6, 6.07) is 87.7. The fourth-order valence-electron chi connectivity index (χ4n) is 12.1. The second kappa shape index (κ2) is 16.2. The molecule has 0 N–H and O–H groups in total. The maximum absolute atomic E-state index is 2.53. The molecular formula is C69H50N2. The first kappa shape index (κ1) is 41.3. The lowest BCUT2D eigenvalue weighted by atomic mass is 9.82. The Morgan fingerprint density at radius 3 is 1.65 bits per heavy atom. The van der Waals surface area contributed by atoms with Gasteiger partial charge in [-0.1, -0.05) is 190 Å². The molecule has 0 spiro atoms. The first-order valence-electron chi connectivity index (χ1n) is 25.0. The molecule has 2 aromatic heterocycles. The third-order valence-electron chi connectivity index (χ3n) is 15.6. The van der Waals surface area contributed by atoms with Gasteiger partial charge in [0.2, 0.25) is 0 Å². The van der Waals surface area contributed by atoms with Crippen molar-refractivity contribution in [2.24, 2.45) is 0 Å². The van der Waals surface area contributed by atoms with E-state index in [0.717, 1.165) is 12.1 Å². The normalized spacial score (nSPS) is 14.5. The van der Waals surface area contributed by atoms with Gasteiger partial charge in [0.15, 0.2) is 0 Å². The molecule has 12 aromatic rings. The molecular weight excluding hydrogens is 857 g/mol. The van der Waals surface area contributed by atoms with E-state index in [1.54, 1.807) is 0 Å². The van der Waals surface area contributed by atoms with Gasteiger partial charge in [-0.3, -0.25) is 0 Å². The summed E-state index contributed by atoms with van der Waals surface area (Å²) in [6.45, 7) is 4.75. The lowest BCUT2D eigenvalue weighted by Crippen LogP contribution is -2.32. The second-order valence-corrected chi connectivity index (χ2v) is 20.1. The molecule has 336 valence electrons. The van der Waals surface area contributed by atoms with Crippen LogP contribution >= 0.6 is 0 Å². The zero-order valence-electron chi connectivity index (χ0n) is 39.9. The molecule has 0 fully saturated rings. The number of hydrogen-bond donors (Lipinski definition) is 0. The molecule has 0 saturated carbocycles. The molecule has 2 aliphatic carbocycles. The van der Waals surface area contributed by atoms with Gasteiger partial charge in [-0.25, -0.2) is 0 Å². The molecule has 71 heavy (non-hydrogen) atoms. The number of benzene rings is 10. The molecule has 0 amide bonds. The van der Waals surface area contributed by atoms with Crippen molar-refractivity contribution in [2.45, 2.75) is 31.6 Å². The summed E-state index contributed by atoms with van der Waals surface area (Å²) in [5.74, 6) is 0.305. The quantitative estimate of drug-likeness (QED) is 0.151. The minimum atomic E-state index is -0.0853. The van der Waals surface area contributed by atoms with E-state index < -0.39 is 0 Å². The SMILES string of the molecule is CC1(C)c2ccccc2-c2ccc(-n3c4c(c5cc(-c6ccc7c(c6)c6ccccc6n7-c6cccc(-c7cc(-c8ccccc8)cc(-c8ccccc8)c7)c6)ccc53)=CC(c3ccccc3)CC=4)cc21. The number of aromatic nitrogens is 2. The maximum atomic E-state index is 2.53. The Morgan fingerprint density at radius 2 is 0.915 bits per heavy atom. The third-order valence-corrected chi connectivity index (χ3v) is 15.6. The highest BCUT2D eigenvalue weighted by atomic mass is 15.0. The summed E-state index contributed by atoms with van der Waals surface area (Å²) in [5.41, 5.74) is 22.3. The highest BCUT2D eigenvalue weighted by molar-refractivity contribution is 6.11. The Bertz CT molecular complexity index is 4150. The lowest BCUT2D eigenvalue weighted by molar-refractivity contribution is 0.659. The summed E-state index contributed by atoms with van der Waals surface area (Å²) in [6.07, 6.45) is 5.98. The first-order valence-corrected chi connectivity index (χ1v) is 25.0. The number of para-hydroxylation sites is 1. The van der Waals surface area contributed by atoms with E-state index in [2.05, 4.69) is 272 Å². The largest absolute Gasteiger partial charge is 0.310 e. The van der Waals surface area contributed by atoms with Crippen LogP contribution in [0.1, 0.15) is 42.9 Å². The van der Waals surface area contributed by atoms with E-state index in [4.69, 9.17) is 0 Å². The monoisotopic (exact) mass is 906 g/mol. The summed E-state index contributed by atoms with van der Waals surface area (Å²) >= 11 is 0. The predicted molar refractivity (Wildman–Crippen MR) is 299 cm³/mol. The number of fused-ring (bicyclic) bond motifs is 9. The Labute approximate surface area is 414 Å². The van der Waals surface area contributed by atoms with Crippen LogP contribution in [0, 0.1) is 0 Å². The Hall–Kier alpha value is -8.72. The Kier molecular flexibility index (Phi) is 9.41. The summed E-state index contributed by atoms with van der Waals surface area (Å²) in [7, 11) is 0. The van der Waals surface area contributed by atoms with E-state index >= 15 is 0 Å². The minimum Gasteiger partial charge on any atom is -0.310 e. The zero-order valence-corrected chi connectivity index (χ0v) is 39.9. The highest BCUT2D eigenvalue weighted by Crippen LogP contribution is 2.49. The van der Waals surface area contributed by atoms with Crippen molar-refractivity contribution in [3.05, 3.63) is 264 Å². The van der Waals surface area contributed by atoms with E-state index in [1.165, 1.54) is 121 Å². The Balaban J connectivity index is 0.902. The third kappa shape index (κ3) is 6.70. The molecule has 0 saturated heterocycles. The van der Waals surface area contributed by atoms with Gasteiger partial charge in [-0.15, -0.1) is 0 Å². The lowest BCUT2D eigenvalue weighted by Gasteiger charge is -2.22. The molecule has 10 aromatic carbocycles. The molecule has 2 aliphatic rings. The van der Waals surface area contributed by atoms with Crippen LogP contribution in [0.25, 0.3) is 112 Å². The molecule has 0 aliphatic heterocycles. The molecule has 2 heterocycles. The van der Waals surface area contributed by atoms with Crippen molar-refractivity contribution in [1.82, 2.24) is 9.13 Å². The van der Waals surface area contributed by atoms with Crippen LogP contribution < -0.4 is 10.6 Å². The molecule has 0 bridgehead atoms. The Morgan fingerprint density at radius 1 is 0.366 bits per heavy atom. The van der Waals surface area contributed by atoms with Gasteiger partial charge in [0.1, 0.15) is 0 Å². The van der Waals surface area contributed by atoms with E-state index in [1.807, 2.05) is 0 Å². The van der Waals surface area contributed by atoms with Crippen LogP contribution in [-0.2, 0) is 5.41 Å². The van der Waals surface area contributed by atoms with Crippen molar-refractivity contribution < 1.29 is 0 Å². The van der Waals surface area contributed by atoms with Gasteiger partial charge in [0, 0.05) is 49.4 Å². The van der Waals surface area contributed by atoms with Crippen LogP contribution in [0.2, 0.25) is 0 Å². The van der Waals surface area contributed by atoms with Crippen molar-refractivity contribution in [3.63, 3.8) is 0 Å². The van der Waals surface area contributed by atoms with Crippen LogP contribution in [0.5, 0.6) is 0 Å². The fourth-order valence-corrected chi connectivity index (χ4v) is 12.1. The molecule has 1 atom stereocenters. The topological polar surface area (TPSA) is 9.86 Å². The van der Waals surface area contributed by atoms with E-state index in [-0.39, 0.29) is 5.41 Å². The minimum absolute atomic E-state index is 0.0853. The zero-order chi connectivity index (χ0) is 47.2. The summed E-state index contributed by atoms with van der Waals surface area (Å²) in [5, 5.41) is 6.36. The second-order valence-electron chi connectivity index (χ2n) is 20.1. The molecule has 14 rings (SSSR count). The van der Waals surface area contributed by atoms with Crippen LogP contribution in [0.4, 0.5) is 0 Å². The molecule has 2 nitrogen and oxygen atoms in total. The van der Waals surface area contributed by atoms with Gasteiger partial charge >= 0.3 is 0 Å². The predicted octanol–water partition coefficient (Wildman–Crippen LogP) is 16.5. The van der Waals surface area contributed by atoms with E-state index in [0.29, 0.717) is 5.92 Å². The average Bonchev–Trinajstić information content (AvgIpc) is 4.03. The first-order chi connectivity index (χ1) is 34.9. The van der Waals surface area contributed by atoms with Crippen LogP contribution in [-0.4, -0.2) is 9.13 Å². The van der Waals surface area contributed by atoms with Crippen molar-refractivity contribution >= 4 is 44.9 Å². The van der Waals surface area contributed by atoms with Crippen LogP contribution in [0.3, 0.4) is 0 Å². The number of rotatable bonds is 7. The summed E-state index contributed by atoms with van der Waals surface area (Å²) in [4.78, 5) is 0. The van der Waals surface area contributed by atoms with Gasteiger partial charge in [0.25, 0.3) is 0 Å². The van der Waals surface area contributed by atoms with E-state index in [9.17, 15) is 0 Å². The molecule has 0 radical (unpaired) electrons. The van der Waals surface area contributed by atoms with Crippen molar-refractivity contribution in [3.8, 4) is 67.0 Å². The van der Waals surface area contributed by atoms with Crippen molar-refractivity contribution in [1.29, 1.82) is 0 Å². The number of hydrogen-bond acceptors (Lipinski definition) is 0. The van der Waals surface area contributed by atoms with Crippen molar-refractivity contribution in [2.75, 3.05) is 0 Å². The summed E-state index contributed by atoms with van der Waals surface area (Å²) < 4.78 is 4.97. The standard InChI is InChI=1S/C69H50N2/c1-69(2)63-27-14-12-25-57(63)58-33-32-56(44-64(58)69)71-67-34-29-49(45-17-6-3-7-18-45)41-61(67)62-43-51(31-36-68(62)71)50-30-35-66-60(42-50)59-26-13-15-28-65(59)70(66)55-24-16-23-48(40-55)54-38-52(46-19-8-4-9-20-46)37-53(39-54)47-21-10-5-11-22-47/h3-28,30-44,49H,29H2,1-2H3. The highest BCUT2D eigenvalue weighted by Gasteiger charge is 2.35. The molecule has 2 heteroatoms. The van der Waals surface area contributed by atoms with Crippen LogP contribution in [0.15, 0.2) is 237 Å². The number of nitrogens with zero attached hydrogens (tertiary/aromatic N) is 2. The van der Waals surface area contributed by atoms with Gasteiger partial charge in [-0.2, -0.15) is 0 Å². The van der Waals surface area contributed by atoms with Gasteiger partial charge < -0.3 is 9.13 Å². The molecule has 1 unspecified atom stereocenters. The maximum Gasteiger partial charge on any atom is 0.0541 e.